The number of amides is 1. The second-order valence-corrected chi connectivity index (χ2v) is 3.94. The second kappa shape index (κ2) is 5.39. The minimum absolute atomic E-state index is 0.0228. The first-order valence-electron chi connectivity index (χ1n) is 5.44. The molecule has 110 valence electrons. The van der Waals surface area contributed by atoms with E-state index in [0.29, 0.717) is 0 Å². The lowest BCUT2D eigenvalue weighted by Crippen LogP contribution is -2.16. The van der Waals surface area contributed by atoms with Gasteiger partial charge in [0.15, 0.2) is 17.4 Å². The molecule has 0 aromatic heterocycles. The first-order chi connectivity index (χ1) is 9.82. The van der Waals surface area contributed by atoms with Crippen molar-refractivity contribution in [3.8, 4) is 5.75 Å². The van der Waals surface area contributed by atoms with Crippen LogP contribution < -0.4 is 5.32 Å². The Hall–Kier alpha value is -2.64. The standard InChI is InChI=1S/C13H6F5NO2/c14-5-1-3-6(4-2-5)19-13(21)7-8(15)9(16)10(17)11(18)12(7)20/h1-4,20H,(H,19,21). The molecule has 0 unspecified atom stereocenters. The van der Waals surface area contributed by atoms with E-state index in [9.17, 15) is 31.9 Å². The van der Waals surface area contributed by atoms with Gasteiger partial charge >= 0.3 is 0 Å². The quantitative estimate of drug-likeness (QED) is 0.508. The number of carbonyl (C=O) groups excluding carboxylic acids is 1. The third kappa shape index (κ3) is 2.64. The highest BCUT2D eigenvalue weighted by Gasteiger charge is 2.29. The molecular weight excluding hydrogens is 297 g/mol. The van der Waals surface area contributed by atoms with Gasteiger partial charge in [-0.25, -0.2) is 17.6 Å². The van der Waals surface area contributed by atoms with Crippen LogP contribution in [0.25, 0.3) is 0 Å². The molecule has 0 spiro atoms. The summed E-state index contributed by atoms with van der Waals surface area (Å²) in [6.07, 6.45) is 0. The molecule has 2 aromatic carbocycles. The predicted octanol–water partition coefficient (Wildman–Crippen LogP) is 3.34. The zero-order valence-corrected chi connectivity index (χ0v) is 10.1. The van der Waals surface area contributed by atoms with Crippen LogP contribution in [0.2, 0.25) is 0 Å². The van der Waals surface area contributed by atoms with Gasteiger partial charge in [-0.2, -0.15) is 4.39 Å². The Balaban J connectivity index is 2.42. The van der Waals surface area contributed by atoms with Gasteiger partial charge in [-0.05, 0) is 24.3 Å². The fraction of sp³-hybridized carbons (Fsp3) is 0. The highest BCUT2D eigenvalue weighted by atomic mass is 19.2. The van der Waals surface area contributed by atoms with E-state index < -0.39 is 46.3 Å². The molecule has 3 nitrogen and oxygen atoms in total. The van der Waals surface area contributed by atoms with Crippen LogP contribution in [0.3, 0.4) is 0 Å². The van der Waals surface area contributed by atoms with Crippen LogP contribution in [0.4, 0.5) is 27.6 Å². The number of anilines is 1. The fourth-order valence-corrected chi connectivity index (χ4v) is 1.55. The molecule has 0 aliphatic rings. The number of rotatable bonds is 2. The lowest BCUT2D eigenvalue weighted by molar-refractivity contribution is 0.101. The average Bonchev–Trinajstić information content (AvgIpc) is 2.46. The summed E-state index contributed by atoms with van der Waals surface area (Å²) < 4.78 is 65.2. The van der Waals surface area contributed by atoms with E-state index in [1.165, 1.54) is 0 Å². The van der Waals surface area contributed by atoms with Crippen molar-refractivity contribution in [2.75, 3.05) is 5.32 Å². The zero-order chi connectivity index (χ0) is 15.7. The Bertz CT molecular complexity index is 686. The number of aromatic hydroxyl groups is 1. The van der Waals surface area contributed by atoms with Crippen LogP contribution in [0, 0.1) is 29.1 Å². The largest absolute Gasteiger partial charge is 0.504 e. The van der Waals surface area contributed by atoms with Crippen molar-refractivity contribution in [2.45, 2.75) is 0 Å². The van der Waals surface area contributed by atoms with Crippen LogP contribution in [0.1, 0.15) is 10.4 Å². The summed E-state index contributed by atoms with van der Waals surface area (Å²) in [5, 5.41) is 11.2. The second-order valence-electron chi connectivity index (χ2n) is 3.94. The Kier molecular flexibility index (Phi) is 3.79. The van der Waals surface area contributed by atoms with Gasteiger partial charge in [-0.15, -0.1) is 0 Å². The number of hydrogen-bond acceptors (Lipinski definition) is 2. The maximum Gasteiger partial charge on any atom is 0.262 e. The van der Waals surface area contributed by atoms with Crippen molar-refractivity contribution >= 4 is 11.6 Å². The van der Waals surface area contributed by atoms with Crippen molar-refractivity contribution in [1.82, 2.24) is 0 Å². The van der Waals surface area contributed by atoms with Crippen molar-refractivity contribution in [1.29, 1.82) is 0 Å². The number of halogens is 5. The molecule has 21 heavy (non-hydrogen) atoms. The lowest BCUT2D eigenvalue weighted by Gasteiger charge is -2.09. The molecule has 2 aromatic rings. The van der Waals surface area contributed by atoms with Crippen LogP contribution >= 0.6 is 0 Å². The van der Waals surface area contributed by atoms with Crippen molar-refractivity contribution in [3.63, 3.8) is 0 Å². The van der Waals surface area contributed by atoms with E-state index >= 15 is 0 Å². The molecule has 0 radical (unpaired) electrons. The Morgan fingerprint density at radius 3 is 1.95 bits per heavy atom. The summed E-state index contributed by atoms with van der Waals surface area (Å²) in [5.74, 6) is -12.3. The van der Waals surface area contributed by atoms with E-state index in [1.807, 2.05) is 5.32 Å². The summed E-state index contributed by atoms with van der Waals surface area (Å²) in [4.78, 5) is 11.7. The number of benzene rings is 2. The van der Waals surface area contributed by atoms with Gasteiger partial charge in [0.1, 0.15) is 11.4 Å². The highest BCUT2D eigenvalue weighted by molar-refractivity contribution is 6.06. The summed E-state index contributed by atoms with van der Waals surface area (Å²) in [6.45, 7) is 0. The third-order valence-electron chi connectivity index (χ3n) is 2.57. The number of phenolic OH excluding ortho intramolecular Hbond substituents is 1. The van der Waals surface area contributed by atoms with E-state index in [2.05, 4.69) is 0 Å². The maximum atomic E-state index is 13.5. The average molecular weight is 303 g/mol. The fourth-order valence-electron chi connectivity index (χ4n) is 1.55. The minimum atomic E-state index is -2.23. The summed E-state index contributed by atoms with van der Waals surface area (Å²) in [7, 11) is 0. The molecular formula is C13H6F5NO2. The molecule has 1 amide bonds. The Morgan fingerprint density at radius 2 is 1.38 bits per heavy atom. The van der Waals surface area contributed by atoms with Crippen LogP contribution in [-0.4, -0.2) is 11.0 Å². The van der Waals surface area contributed by atoms with Gasteiger partial charge in [0.25, 0.3) is 5.91 Å². The molecule has 0 heterocycles. The Labute approximate surface area is 114 Å². The normalized spacial score (nSPS) is 10.5. The number of phenols is 1. The minimum Gasteiger partial charge on any atom is -0.504 e. The maximum absolute atomic E-state index is 13.5. The smallest absolute Gasteiger partial charge is 0.262 e. The summed E-state index contributed by atoms with van der Waals surface area (Å²) in [5.41, 5.74) is -1.42. The first kappa shape index (κ1) is 14.8. The zero-order valence-electron chi connectivity index (χ0n) is 10.1. The molecule has 2 N–H and O–H groups in total. The molecule has 0 saturated carbocycles. The topological polar surface area (TPSA) is 49.3 Å². The van der Waals surface area contributed by atoms with E-state index in [1.54, 1.807) is 0 Å². The molecule has 0 bridgehead atoms. The highest BCUT2D eigenvalue weighted by Crippen LogP contribution is 2.30. The van der Waals surface area contributed by atoms with E-state index in [4.69, 9.17) is 0 Å². The van der Waals surface area contributed by atoms with Crippen LogP contribution in [0.15, 0.2) is 24.3 Å². The van der Waals surface area contributed by atoms with Crippen LogP contribution in [-0.2, 0) is 0 Å². The number of hydrogen-bond donors (Lipinski definition) is 2. The van der Waals surface area contributed by atoms with Crippen LogP contribution in [0.5, 0.6) is 5.75 Å². The summed E-state index contributed by atoms with van der Waals surface area (Å²) in [6, 6.07) is 4.13. The number of nitrogens with one attached hydrogen (secondary N) is 1. The van der Waals surface area contributed by atoms with Gasteiger partial charge in [-0.1, -0.05) is 0 Å². The molecule has 0 saturated heterocycles. The monoisotopic (exact) mass is 303 g/mol. The van der Waals surface area contributed by atoms with Gasteiger partial charge in [0, 0.05) is 5.69 Å². The summed E-state index contributed by atoms with van der Waals surface area (Å²) >= 11 is 0. The van der Waals surface area contributed by atoms with Gasteiger partial charge in [0.05, 0.1) is 0 Å². The lowest BCUT2D eigenvalue weighted by atomic mass is 10.1. The molecule has 0 aliphatic heterocycles. The molecule has 0 atom stereocenters. The Morgan fingerprint density at radius 1 is 0.857 bits per heavy atom. The van der Waals surface area contributed by atoms with Crippen molar-refractivity contribution in [3.05, 3.63) is 58.9 Å². The van der Waals surface area contributed by atoms with Crippen molar-refractivity contribution < 1.29 is 31.9 Å². The molecule has 0 aliphatic carbocycles. The number of carbonyl (C=O) groups is 1. The van der Waals surface area contributed by atoms with Gasteiger partial charge in [0.2, 0.25) is 11.6 Å². The van der Waals surface area contributed by atoms with E-state index in [-0.39, 0.29) is 5.69 Å². The van der Waals surface area contributed by atoms with E-state index in [0.717, 1.165) is 24.3 Å². The predicted molar refractivity (Wildman–Crippen MR) is 62.3 cm³/mol. The molecule has 8 heteroatoms. The molecule has 0 fully saturated rings. The SMILES string of the molecule is O=C(Nc1ccc(F)cc1)c1c(O)c(F)c(F)c(F)c1F. The molecule has 2 rings (SSSR count). The van der Waals surface area contributed by atoms with Crippen molar-refractivity contribution in [2.24, 2.45) is 0 Å². The third-order valence-corrected chi connectivity index (χ3v) is 2.57. The van der Waals surface area contributed by atoms with Gasteiger partial charge in [-0.3, -0.25) is 4.79 Å². The first-order valence-corrected chi connectivity index (χ1v) is 5.44. The van der Waals surface area contributed by atoms with Gasteiger partial charge < -0.3 is 10.4 Å².